The molecule has 3 rings (SSSR count). The molecule has 6 heteroatoms. The molecule has 0 radical (unpaired) electrons. The van der Waals surface area contributed by atoms with Crippen LogP contribution in [0.25, 0.3) is 11.3 Å². The molecule has 2 amide bonds. The standard InChI is InChI=1S/C17H19N3O3/c1-12(19-15(21)11-20-9-5-8-16(20)22)17-18-10-14(23-17)13-6-3-2-4-7-13/h2-4,6-7,10,12H,5,8-9,11H2,1H3,(H,19,21)/t12-/m0/s1. The van der Waals surface area contributed by atoms with Crippen LogP contribution in [0.2, 0.25) is 0 Å². The monoisotopic (exact) mass is 313 g/mol. The summed E-state index contributed by atoms with van der Waals surface area (Å²) >= 11 is 0. The van der Waals surface area contributed by atoms with Gasteiger partial charge in [-0.15, -0.1) is 0 Å². The first-order chi connectivity index (χ1) is 11.1. The van der Waals surface area contributed by atoms with Crippen LogP contribution in [0.4, 0.5) is 0 Å². The van der Waals surface area contributed by atoms with Crippen molar-refractivity contribution in [1.82, 2.24) is 15.2 Å². The predicted octanol–water partition coefficient (Wildman–Crippen LogP) is 2.14. The van der Waals surface area contributed by atoms with E-state index in [0.29, 0.717) is 24.6 Å². The third-order valence-electron chi connectivity index (χ3n) is 3.84. The van der Waals surface area contributed by atoms with E-state index in [1.54, 1.807) is 11.1 Å². The van der Waals surface area contributed by atoms with Crippen molar-refractivity contribution in [3.8, 4) is 11.3 Å². The fraction of sp³-hybridized carbons (Fsp3) is 0.353. The van der Waals surface area contributed by atoms with Crippen molar-refractivity contribution in [2.75, 3.05) is 13.1 Å². The summed E-state index contributed by atoms with van der Waals surface area (Å²) in [5.41, 5.74) is 0.937. The third kappa shape index (κ3) is 3.59. The molecule has 23 heavy (non-hydrogen) atoms. The van der Waals surface area contributed by atoms with Crippen molar-refractivity contribution in [3.63, 3.8) is 0 Å². The van der Waals surface area contributed by atoms with Crippen molar-refractivity contribution < 1.29 is 14.0 Å². The van der Waals surface area contributed by atoms with E-state index in [0.717, 1.165) is 12.0 Å². The van der Waals surface area contributed by atoms with Crippen LogP contribution in [0.5, 0.6) is 0 Å². The summed E-state index contributed by atoms with van der Waals surface area (Å²) in [6, 6.07) is 9.31. The Morgan fingerprint density at radius 3 is 2.87 bits per heavy atom. The molecule has 0 aliphatic carbocycles. The van der Waals surface area contributed by atoms with Gasteiger partial charge in [0.2, 0.25) is 17.7 Å². The molecule has 2 aromatic rings. The molecule has 2 heterocycles. The number of likely N-dealkylation sites (tertiary alicyclic amines) is 1. The molecule has 1 aliphatic rings. The van der Waals surface area contributed by atoms with E-state index < -0.39 is 0 Å². The van der Waals surface area contributed by atoms with Crippen molar-refractivity contribution >= 4 is 11.8 Å². The van der Waals surface area contributed by atoms with Gasteiger partial charge >= 0.3 is 0 Å². The van der Waals surface area contributed by atoms with Crippen LogP contribution < -0.4 is 5.32 Å². The lowest BCUT2D eigenvalue weighted by atomic mass is 10.2. The minimum atomic E-state index is -0.349. The van der Waals surface area contributed by atoms with E-state index in [4.69, 9.17) is 4.42 Å². The Bertz CT molecular complexity index is 696. The van der Waals surface area contributed by atoms with E-state index in [9.17, 15) is 9.59 Å². The molecule has 120 valence electrons. The minimum Gasteiger partial charge on any atom is -0.438 e. The first-order valence-corrected chi connectivity index (χ1v) is 7.72. The number of carbonyl (C=O) groups excluding carboxylic acids is 2. The van der Waals surface area contributed by atoms with Crippen LogP contribution in [-0.2, 0) is 9.59 Å². The van der Waals surface area contributed by atoms with Crippen LogP contribution in [0.3, 0.4) is 0 Å². The lowest BCUT2D eigenvalue weighted by Gasteiger charge is -2.16. The van der Waals surface area contributed by atoms with E-state index in [1.807, 2.05) is 37.3 Å². The van der Waals surface area contributed by atoms with Gasteiger partial charge in [0, 0.05) is 18.5 Å². The summed E-state index contributed by atoms with van der Waals surface area (Å²) in [6.07, 6.45) is 3.00. The molecule has 1 saturated heterocycles. The van der Waals surface area contributed by atoms with Gasteiger partial charge in [-0.25, -0.2) is 4.98 Å². The molecular formula is C17H19N3O3. The number of rotatable bonds is 5. The Hall–Kier alpha value is -2.63. The molecule has 1 N–H and O–H groups in total. The van der Waals surface area contributed by atoms with Crippen LogP contribution in [-0.4, -0.2) is 34.8 Å². The quantitative estimate of drug-likeness (QED) is 0.917. The van der Waals surface area contributed by atoms with Crippen molar-refractivity contribution in [3.05, 3.63) is 42.4 Å². The Labute approximate surface area is 134 Å². The smallest absolute Gasteiger partial charge is 0.240 e. The lowest BCUT2D eigenvalue weighted by molar-refractivity contribution is -0.133. The molecular weight excluding hydrogens is 294 g/mol. The zero-order chi connectivity index (χ0) is 16.2. The Morgan fingerprint density at radius 1 is 1.39 bits per heavy atom. The summed E-state index contributed by atoms with van der Waals surface area (Å²) in [7, 11) is 0. The average molecular weight is 313 g/mol. The number of carbonyl (C=O) groups is 2. The summed E-state index contributed by atoms with van der Waals surface area (Å²) in [5, 5.41) is 2.82. The molecule has 1 aliphatic heterocycles. The van der Waals surface area contributed by atoms with Crippen LogP contribution >= 0.6 is 0 Å². The fourth-order valence-electron chi connectivity index (χ4n) is 2.62. The molecule has 1 aromatic carbocycles. The highest BCUT2D eigenvalue weighted by molar-refractivity contribution is 5.85. The normalized spacial score (nSPS) is 15.7. The summed E-state index contributed by atoms with van der Waals surface area (Å²) in [6.45, 7) is 2.55. The Kier molecular flexibility index (Phi) is 4.41. The van der Waals surface area contributed by atoms with Crippen LogP contribution in [0, 0.1) is 0 Å². The largest absolute Gasteiger partial charge is 0.438 e. The van der Waals surface area contributed by atoms with Crippen molar-refractivity contribution in [1.29, 1.82) is 0 Å². The molecule has 1 fully saturated rings. The predicted molar refractivity (Wildman–Crippen MR) is 84.3 cm³/mol. The van der Waals surface area contributed by atoms with Gasteiger partial charge in [0.15, 0.2) is 5.76 Å². The minimum absolute atomic E-state index is 0.0373. The van der Waals surface area contributed by atoms with Gasteiger partial charge in [-0.05, 0) is 13.3 Å². The van der Waals surface area contributed by atoms with Gasteiger partial charge in [0.25, 0.3) is 0 Å². The van der Waals surface area contributed by atoms with E-state index >= 15 is 0 Å². The highest BCUT2D eigenvalue weighted by atomic mass is 16.4. The maximum absolute atomic E-state index is 12.0. The van der Waals surface area contributed by atoms with Gasteiger partial charge in [0.05, 0.1) is 12.7 Å². The van der Waals surface area contributed by atoms with Crippen molar-refractivity contribution in [2.24, 2.45) is 0 Å². The molecule has 6 nitrogen and oxygen atoms in total. The number of nitrogens with zero attached hydrogens (tertiary/aromatic N) is 2. The summed E-state index contributed by atoms with van der Waals surface area (Å²) in [4.78, 5) is 29.4. The summed E-state index contributed by atoms with van der Waals surface area (Å²) < 4.78 is 5.72. The number of oxazole rings is 1. The molecule has 0 spiro atoms. The molecule has 1 atom stereocenters. The van der Waals surface area contributed by atoms with Crippen molar-refractivity contribution in [2.45, 2.75) is 25.8 Å². The topological polar surface area (TPSA) is 75.4 Å². The van der Waals surface area contributed by atoms with E-state index in [-0.39, 0.29) is 24.4 Å². The number of hydrogen-bond donors (Lipinski definition) is 1. The van der Waals surface area contributed by atoms with Gasteiger partial charge in [-0.3, -0.25) is 9.59 Å². The third-order valence-corrected chi connectivity index (χ3v) is 3.84. The lowest BCUT2D eigenvalue weighted by Crippen LogP contribution is -2.38. The van der Waals surface area contributed by atoms with Gasteiger partial charge in [-0.2, -0.15) is 0 Å². The second kappa shape index (κ2) is 6.64. The molecule has 0 unspecified atom stereocenters. The second-order valence-electron chi connectivity index (χ2n) is 5.64. The van der Waals surface area contributed by atoms with Gasteiger partial charge < -0.3 is 14.6 Å². The number of aromatic nitrogens is 1. The fourth-order valence-corrected chi connectivity index (χ4v) is 2.62. The second-order valence-corrected chi connectivity index (χ2v) is 5.64. The number of amides is 2. The number of benzene rings is 1. The Balaban J connectivity index is 1.60. The van der Waals surface area contributed by atoms with E-state index in [1.165, 1.54) is 0 Å². The highest BCUT2D eigenvalue weighted by Gasteiger charge is 2.23. The molecule has 1 aromatic heterocycles. The zero-order valence-corrected chi connectivity index (χ0v) is 13.0. The van der Waals surface area contributed by atoms with Gasteiger partial charge in [0.1, 0.15) is 6.04 Å². The number of nitrogens with one attached hydrogen (secondary N) is 1. The number of hydrogen-bond acceptors (Lipinski definition) is 4. The maximum atomic E-state index is 12.0. The van der Waals surface area contributed by atoms with Crippen LogP contribution in [0.15, 0.2) is 40.9 Å². The Morgan fingerprint density at radius 2 is 2.17 bits per heavy atom. The first-order valence-electron chi connectivity index (χ1n) is 7.72. The first kappa shape index (κ1) is 15.3. The SMILES string of the molecule is C[C@H](NC(=O)CN1CCCC1=O)c1ncc(-c2ccccc2)o1. The summed E-state index contributed by atoms with van der Waals surface area (Å²) in [5.74, 6) is 0.948. The molecule has 0 saturated carbocycles. The van der Waals surface area contributed by atoms with E-state index in [2.05, 4.69) is 10.3 Å². The highest BCUT2D eigenvalue weighted by Crippen LogP contribution is 2.22. The van der Waals surface area contributed by atoms with Crippen LogP contribution in [0.1, 0.15) is 31.7 Å². The zero-order valence-electron chi connectivity index (χ0n) is 13.0. The molecule has 0 bridgehead atoms. The van der Waals surface area contributed by atoms with Gasteiger partial charge in [-0.1, -0.05) is 30.3 Å². The average Bonchev–Trinajstić information content (AvgIpc) is 3.18. The maximum Gasteiger partial charge on any atom is 0.240 e.